The number of pyridine rings is 1. The summed E-state index contributed by atoms with van der Waals surface area (Å²) in [6, 6.07) is 9.58. The van der Waals surface area contributed by atoms with Gasteiger partial charge in [-0.2, -0.15) is 0 Å². The van der Waals surface area contributed by atoms with E-state index in [0.29, 0.717) is 5.69 Å². The van der Waals surface area contributed by atoms with Gasteiger partial charge in [-0.1, -0.05) is 18.2 Å². The van der Waals surface area contributed by atoms with Crippen LogP contribution in [0.25, 0.3) is 10.9 Å². The van der Waals surface area contributed by atoms with E-state index in [-0.39, 0.29) is 0 Å². The number of hydrogen-bond acceptors (Lipinski definition) is 2. The molecule has 0 fully saturated rings. The summed E-state index contributed by atoms with van der Waals surface area (Å²) < 4.78 is 0.737. The van der Waals surface area contributed by atoms with Crippen LogP contribution in [0, 0.1) is 0 Å². The van der Waals surface area contributed by atoms with Crippen molar-refractivity contribution in [2.24, 2.45) is 0 Å². The van der Waals surface area contributed by atoms with E-state index in [1.54, 1.807) is 0 Å². The zero-order chi connectivity index (χ0) is 9.26. The molecule has 0 N–H and O–H groups in total. The molecule has 0 saturated heterocycles. The molecule has 0 atom stereocenters. The molecule has 0 aliphatic rings. The first kappa shape index (κ1) is 8.38. The largest absolute Gasteiger partial charge is 0.296 e. The van der Waals surface area contributed by atoms with Crippen molar-refractivity contribution in [3.05, 3.63) is 40.5 Å². The number of aldehydes is 1. The number of rotatable bonds is 1. The molecule has 0 spiro atoms. The minimum absolute atomic E-state index is 0.443. The molecule has 0 bridgehead atoms. The zero-order valence-electron chi connectivity index (χ0n) is 6.70. The summed E-state index contributed by atoms with van der Waals surface area (Å²) in [5.74, 6) is 0. The molecule has 64 valence electrons. The van der Waals surface area contributed by atoms with Crippen LogP contribution >= 0.6 is 15.9 Å². The van der Waals surface area contributed by atoms with Gasteiger partial charge in [0.25, 0.3) is 0 Å². The van der Waals surface area contributed by atoms with Crippen LogP contribution < -0.4 is 0 Å². The lowest BCUT2D eigenvalue weighted by Crippen LogP contribution is -1.89. The third-order valence-corrected chi connectivity index (χ3v) is 2.45. The van der Waals surface area contributed by atoms with E-state index in [9.17, 15) is 4.79 Å². The third kappa shape index (κ3) is 1.47. The number of benzene rings is 1. The minimum atomic E-state index is 0.443. The number of halogens is 1. The first-order valence-electron chi connectivity index (χ1n) is 3.82. The number of nitrogens with zero attached hydrogens (tertiary/aromatic N) is 1. The first-order chi connectivity index (χ1) is 6.31. The number of carbonyl (C=O) groups is 1. The van der Waals surface area contributed by atoms with Crippen LogP contribution in [0.5, 0.6) is 0 Å². The Labute approximate surface area is 83.7 Å². The molecule has 3 heteroatoms. The highest BCUT2D eigenvalue weighted by atomic mass is 79.9. The van der Waals surface area contributed by atoms with E-state index in [0.717, 1.165) is 21.7 Å². The smallest absolute Gasteiger partial charge is 0.169 e. The predicted octanol–water partition coefficient (Wildman–Crippen LogP) is 2.81. The highest BCUT2D eigenvalue weighted by Gasteiger charge is 2.01. The first-order valence-corrected chi connectivity index (χ1v) is 4.61. The molecule has 0 amide bonds. The summed E-state index contributed by atoms with van der Waals surface area (Å²) in [6.07, 6.45) is 0.747. The summed E-state index contributed by atoms with van der Waals surface area (Å²) >= 11 is 3.28. The highest BCUT2D eigenvalue weighted by molar-refractivity contribution is 9.10. The van der Waals surface area contributed by atoms with Gasteiger partial charge in [-0.15, -0.1) is 0 Å². The summed E-state index contributed by atoms with van der Waals surface area (Å²) in [7, 11) is 0. The Balaban J connectivity index is 2.81. The zero-order valence-corrected chi connectivity index (χ0v) is 8.28. The molecule has 2 aromatic rings. The van der Waals surface area contributed by atoms with E-state index in [2.05, 4.69) is 20.9 Å². The lowest BCUT2D eigenvalue weighted by molar-refractivity contribution is 0.111. The van der Waals surface area contributed by atoms with Crippen LogP contribution in [0.15, 0.2) is 34.8 Å². The average molecular weight is 236 g/mol. The third-order valence-electron chi connectivity index (χ3n) is 1.82. The molecular weight excluding hydrogens is 230 g/mol. The number of hydrogen-bond donors (Lipinski definition) is 0. The molecule has 0 aliphatic carbocycles. The van der Waals surface area contributed by atoms with Crippen molar-refractivity contribution in [3.8, 4) is 0 Å². The minimum Gasteiger partial charge on any atom is -0.296 e. The Bertz CT molecular complexity index is 467. The average Bonchev–Trinajstić information content (AvgIpc) is 2.17. The Kier molecular flexibility index (Phi) is 2.10. The lowest BCUT2D eigenvalue weighted by Gasteiger charge is -1.99. The second-order valence-electron chi connectivity index (χ2n) is 2.67. The maximum atomic E-state index is 10.6. The van der Waals surface area contributed by atoms with Crippen LogP contribution in [-0.4, -0.2) is 11.3 Å². The van der Waals surface area contributed by atoms with Crippen molar-refractivity contribution in [2.45, 2.75) is 0 Å². The molecule has 1 aromatic carbocycles. The Morgan fingerprint density at radius 3 is 2.85 bits per heavy atom. The quantitative estimate of drug-likeness (QED) is 0.712. The summed E-state index contributed by atoms with van der Waals surface area (Å²) in [6.45, 7) is 0. The predicted molar refractivity (Wildman–Crippen MR) is 54.8 cm³/mol. The maximum Gasteiger partial charge on any atom is 0.169 e. The fourth-order valence-electron chi connectivity index (χ4n) is 1.19. The van der Waals surface area contributed by atoms with Crippen molar-refractivity contribution >= 4 is 33.1 Å². The fourth-order valence-corrected chi connectivity index (χ4v) is 1.62. The van der Waals surface area contributed by atoms with Gasteiger partial charge < -0.3 is 0 Å². The van der Waals surface area contributed by atoms with Gasteiger partial charge in [0.2, 0.25) is 0 Å². The van der Waals surface area contributed by atoms with Crippen molar-refractivity contribution in [1.82, 2.24) is 4.98 Å². The van der Waals surface area contributed by atoms with Crippen LogP contribution in [-0.2, 0) is 0 Å². The molecule has 1 aromatic heterocycles. The van der Waals surface area contributed by atoms with Gasteiger partial charge in [0, 0.05) is 9.86 Å². The second-order valence-corrected chi connectivity index (χ2v) is 3.52. The van der Waals surface area contributed by atoms with E-state index in [1.807, 2.05) is 30.3 Å². The molecule has 0 aliphatic heterocycles. The monoisotopic (exact) mass is 235 g/mol. The molecule has 2 nitrogen and oxygen atoms in total. The fraction of sp³-hybridized carbons (Fsp3) is 0. The Morgan fingerprint density at radius 2 is 2.08 bits per heavy atom. The summed E-state index contributed by atoms with van der Waals surface area (Å²) in [4.78, 5) is 14.8. The van der Waals surface area contributed by atoms with Crippen molar-refractivity contribution in [3.63, 3.8) is 0 Å². The molecular formula is C10H6BrNO. The van der Waals surface area contributed by atoms with E-state index >= 15 is 0 Å². The van der Waals surface area contributed by atoms with Crippen LogP contribution in [0.2, 0.25) is 0 Å². The van der Waals surface area contributed by atoms with Crippen LogP contribution in [0.1, 0.15) is 10.5 Å². The molecule has 1 heterocycles. The normalized spacial score (nSPS) is 10.2. The maximum absolute atomic E-state index is 10.6. The molecule has 0 radical (unpaired) electrons. The highest BCUT2D eigenvalue weighted by Crippen LogP contribution is 2.19. The lowest BCUT2D eigenvalue weighted by atomic mass is 10.2. The van der Waals surface area contributed by atoms with Crippen molar-refractivity contribution in [2.75, 3.05) is 0 Å². The standard InChI is InChI=1S/C10H6BrNO/c11-8-5-7-3-1-2-4-9(7)12-10(8)6-13/h1-6H. The number of aromatic nitrogens is 1. The van der Waals surface area contributed by atoms with Crippen molar-refractivity contribution in [1.29, 1.82) is 0 Å². The topological polar surface area (TPSA) is 30.0 Å². The van der Waals surface area contributed by atoms with Gasteiger partial charge in [0.1, 0.15) is 5.69 Å². The van der Waals surface area contributed by atoms with E-state index < -0.39 is 0 Å². The van der Waals surface area contributed by atoms with Gasteiger partial charge in [-0.3, -0.25) is 4.79 Å². The van der Waals surface area contributed by atoms with Gasteiger partial charge >= 0.3 is 0 Å². The molecule has 0 unspecified atom stereocenters. The van der Waals surface area contributed by atoms with E-state index in [4.69, 9.17) is 0 Å². The number of fused-ring (bicyclic) bond motifs is 1. The van der Waals surface area contributed by atoms with Crippen molar-refractivity contribution < 1.29 is 4.79 Å². The summed E-state index contributed by atoms with van der Waals surface area (Å²) in [5, 5.41) is 1.03. The molecule has 2 rings (SSSR count). The SMILES string of the molecule is O=Cc1nc2ccccc2cc1Br. The van der Waals surface area contributed by atoms with Crippen LogP contribution in [0.4, 0.5) is 0 Å². The van der Waals surface area contributed by atoms with Gasteiger partial charge in [-0.25, -0.2) is 4.98 Å². The number of para-hydroxylation sites is 1. The van der Waals surface area contributed by atoms with Gasteiger partial charge in [-0.05, 0) is 28.1 Å². The van der Waals surface area contributed by atoms with Gasteiger partial charge in [0.15, 0.2) is 6.29 Å². The molecule has 13 heavy (non-hydrogen) atoms. The van der Waals surface area contributed by atoms with E-state index in [1.165, 1.54) is 0 Å². The van der Waals surface area contributed by atoms with Crippen LogP contribution in [0.3, 0.4) is 0 Å². The Hall–Kier alpha value is -1.22. The second kappa shape index (κ2) is 3.26. The summed E-state index contributed by atoms with van der Waals surface area (Å²) in [5.41, 5.74) is 1.28. The molecule has 0 saturated carbocycles. The Morgan fingerprint density at radius 1 is 1.31 bits per heavy atom. The number of carbonyl (C=O) groups excluding carboxylic acids is 1. The van der Waals surface area contributed by atoms with Gasteiger partial charge in [0.05, 0.1) is 5.52 Å².